The smallest absolute Gasteiger partial charge is 0.255 e. The summed E-state index contributed by atoms with van der Waals surface area (Å²) < 4.78 is 24.2. The lowest BCUT2D eigenvalue weighted by molar-refractivity contribution is 0.0934. The molecule has 0 aliphatic rings. The molecule has 0 fully saturated rings. The lowest BCUT2D eigenvalue weighted by atomic mass is 10.1. The van der Waals surface area contributed by atoms with E-state index in [1.54, 1.807) is 30.3 Å². The largest absolute Gasteiger partial charge is 0.490 e. The lowest BCUT2D eigenvalue weighted by Crippen LogP contribution is -2.27. The molecule has 0 aliphatic carbocycles. The van der Waals surface area contributed by atoms with Crippen molar-refractivity contribution in [3.8, 4) is 11.5 Å². The van der Waals surface area contributed by atoms with Gasteiger partial charge < -0.3 is 14.8 Å². The van der Waals surface area contributed by atoms with Gasteiger partial charge in [0.1, 0.15) is 30.5 Å². The average molecular weight is 414 g/mol. The molecule has 0 spiro atoms. The molecule has 0 unspecified atom stereocenters. The van der Waals surface area contributed by atoms with Crippen LogP contribution in [0.3, 0.4) is 0 Å². The van der Waals surface area contributed by atoms with Gasteiger partial charge in [-0.25, -0.2) is 4.39 Å². The van der Waals surface area contributed by atoms with E-state index < -0.39 is 0 Å². The number of hydrogen-bond donors (Lipinski definition) is 1. The first-order valence-electron chi connectivity index (χ1n) is 9.19. The number of amides is 1. The molecule has 3 aromatic rings. The Labute approximate surface area is 174 Å². The molecule has 0 radical (unpaired) electrons. The Morgan fingerprint density at radius 2 is 1.69 bits per heavy atom. The first-order valence-corrected chi connectivity index (χ1v) is 9.57. The summed E-state index contributed by atoms with van der Waals surface area (Å²) in [5, 5.41) is 3.40. The molecule has 1 atom stereocenters. The molecule has 29 heavy (non-hydrogen) atoms. The lowest BCUT2D eigenvalue weighted by Gasteiger charge is -2.17. The van der Waals surface area contributed by atoms with Crippen molar-refractivity contribution in [2.75, 3.05) is 13.2 Å². The first-order chi connectivity index (χ1) is 14.0. The van der Waals surface area contributed by atoms with E-state index in [-0.39, 0.29) is 31.0 Å². The van der Waals surface area contributed by atoms with Gasteiger partial charge in [0.2, 0.25) is 0 Å². The van der Waals surface area contributed by atoms with Gasteiger partial charge in [-0.05, 0) is 55.0 Å². The third-order valence-electron chi connectivity index (χ3n) is 4.26. The van der Waals surface area contributed by atoms with E-state index >= 15 is 0 Å². The monoisotopic (exact) mass is 413 g/mol. The maximum Gasteiger partial charge on any atom is 0.255 e. The zero-order valence-electron chi connectivity index (χ0n) is 15.9. The number of carbonyl (C=O) groups is 1. The van der Waals surface area contributed by atoms with Crippen LogP contribution < -0.4 is 14.8 Å². The fourth-order valence-electron chi connectivity index (χ4n) is 2.75. The van der Waals surface area contributed by atoms with Crippen molar-refractivity contribution in [2.45, 2.75) is 13.0 Å². The van der Waals surface area contributed by atoms with Gasteiger partial charge in [-0.2, -0.15) is 0 Å². The second-order valence-corrected chi connectivity index (χ2v) is 6.83. The summed E-state index contributed by atoms with van der Waals surface area (Å²) >= 11 is 6.08. The Morgan fingerprint density at radius 3 is 2.41 bits per heavy atom. The number of hydrogen-bond acceptors (Lipinski definition) is 3. The van der Waals surface area contributed by atoms with Crippen LogP contribution in [0.4, 0.5) is 4.39 Å². The molecule has 0 saturated heterocycles. The minimum absolute atomic E-state index is 0.169. The standard InChI is InChI=1S/C23H21ClFNO3/c1-16(17-5-3-2-4-6-17)26-23(27)21-15-18(24)7-12-22(21)29-14-13-28-20-10-8-19(25)9-11-20/h2-12,15-16H,13-14H2,1H3,(H,26,27)/t16-/m0/s1. The van der Waals surface area contributed by atoms with Crippen LogP contribution in [0.2, 0.25) is 5.02 Å². The van der Waals surface area contributed by atoms with Crippen LogP contribution in [0.25, 0.3) is 0 Å². The van der Waals surface area contributed by atoms with Gasteiger partial charge in [-0.3, -0.25) is 4.79 Å². The average Bonchev–Trinajstić information content (AvgIpc) is 2.74. The Kier molecular flexibility index (Phi) is 7.09. The molecule has 0 heterocycles. The van der Waals surface area contributed by atoms with E-state index in [1.165, 1.54) is 12.1 Å². The fraction of sp³-hybridized carbons (Fsp3) is 0.174. The Bertz CT molecular complexity index is 948. The van der Waals surface area contributed by atoms with Gasteiger partial charge in [0.25, 0.3) is 5.91 Å². The minimum atomic E-state index is -0.324. The first kappa shape index (κ1) is 20.7. The third-order valence-corrected chi connectivity index (χ3v) is 4.49. The fourth-order valence-corrected chi connectivity index (χ4v) is 2.92. The molecular formula is C23H21ClFNO3. The second-order valence-electron chi connectivity index (χ2n) is 6.40. The van der Waals surface area contributed by atoms with Crippen molar-refractivity contribution < 1.29 is 18.7 Å². The van der Waals surface area contributed by atoms with Crippen molar-refractivity contribution in [1.29, 1.82) is 0 Å². The maximum atomic E-state index is 12.9. The quantitative estimate of drug-likeness (QED) is 0.501. The zero-order valence-corrected chi connectivity index (χ0v) is 16.7. The van der Waals surface area contributed by atoms with E-state index in [0.717, 1.165) is 5.56 Å². The summed E-state index contributed by atoms with van der Waals surface area (Å²) in [7, 11) is 0. The van der Waals surface area contributed by atoms with Gasteiger partial charge in [0.15, 0.2) is 0 Å². The van der Waals surface area contributed by atoms with Crippen molar-refractivity contribution in [3.05, 3.63) is 94.8 Å². The van der Waals surface area contributed by atoms with Crippen LogP contribution in [0.1, 0.15) is 28.9 Å². The summed E-state index contributed by atoms with van der Waals surface area (Å²) in [6, 6.07) is 20.1. The van der Waals surface area contributed by atoms with Crippen molar-refractivity contribution >= 4 is 17.5 Å². The maximum absolute atomic E-state index is 12.9. The van der Waals surface area contributed by atoms with Crippen LogP contribution >= 0.6 is 11.6 Å². The topological polar surface area (TPSA) is 47.6 Å². The number of halogens is 2. The summed E-state index contributed by atoms with van der Waals surface area (Å²) in [6.07, 6.45) is 0. The summed E-state index contributed by atoms with van der Waals surface area (Å²) in [6.45, 7) is 2.37. The molecule has 0 aromatic heterocycles. The molecule has 150 valence electrons. The van der Waals surface area contributed by atoms with E-state index in [4.69, 9.17) is 21.1 Å². The van der Waals surface area contributed by atoms with Gasteiger partial charge in [-0.1, -0.05) is 41.9 Å². The Morgan fingerprint density at radius 1 is 1.00 bits per heavy atom. The molecule has 1 N–H and O–H groups in total. The molecule has 4 nitrogen and oxygen atoms in total. The number of ether oxygens (including phenoxy) is 2. The Hall–Kier alpha value is -3.05. The van der Waals surface area contributed by atoms with Crippen molar-refractivity contribution in [2.24, 2.45) is 0 Å². The molecule has 3 aromatic carbocycles. The normalized spacial score (nSPS) is 11.6. The minimum Gasteiger partial charge on any atom is -0.490 e. The number of rotatable bonds is 8. The summed E-state index contributed by atoms with van der Waals surface area (Å²) in [5.74, 6) is 0.351. The van der Waals surface area contributed by atoms with Crippen LogP contribution in [0.5, 0.6) is 11.5 Å². The molecular weight excluding hydrogens is 393 g/mol. The van der Waals surface area contributed by atoms with Gasteiger partial charge in [0.05, 0.1) is 11.6 Å². The number of nitrogens with one attached hydrogen (secondary N) is 1. The van der Waals surface area contributed by atoms with E-state index in [9.17, 15) is 9.18 Å². The van der Waals surface area contributed by atoms with Crippen molar-refractivity contribution in [1.82, 2.24) is 5.32 Å². The van der Waals surface area contributed by atoms with Gasteiger partial charge >= 0.3 is 0 Å². The SMILES string of the molecule is C[C@H](NC(=O)c1cc(Cl)ccc1OCCOc1ccc(F)cc1)c1ccccc1. The predicted octanol–water partition coefficient (Wildman–Crippen LogP) is 5.43. The van der Waals surface area contributed by atoms with E-state index in [0.29, 0.717) is 22.1 Å². The highest BCUT2D eigenvalue weighted by Gasteiger charge is 2.16. The van der Waals surface area contributed by atoms with Crippen LogP contribution in [0, 0.1) is 5.82 Å². The molecule has 3 rings (SSSR count). The Balaban J connectivity index is 1.61. The van der Waals surface area contributed by atoms with E-state index in [2.05, 4.69) is 5.32 Å². The van der Waals surface area contributed by atoms with Crippen LogP contribution in [-0.2, 0) is 0 Å². The third kappa shape index (κ3) is 5.96. The van der Waals surface area contributed by atoms with E-state index in [1.807, 2.05) is 37.3 Å². The molecule has 0 saturated carbocycles. The highest BCUT2D eigenvalue weighted by atomic mass is 35.5. The molecule has 6 heteroatoms. The zero-order chi connectivity index (χ0) is 20.6. The molecule has 0 aliphatic heterocycles. The van der Waals surface area contributed by atoms with Gasteiger partial charge in [0, 0.05) is 5.02 Å². The number of carbonyl (C=O) groups excluding carboxylic acids is 1. The van der Waals surface area contributed by atoms with Gasteiger partial charge in [-0.15, -0.1) is 0 Å². The second kappa shape index (κ2) is 9.94. The predicted molar refractivity (Wildman–Crippen MR) is 111 cm³/mol. The molecule has 0 bridgehead atoms. The molecule has 1 amide bonds. The highest BCUT2D eigenvalue weighted by molar-refractivity contribution is 6.31. The number of benzene rings is 3. The summed E-state index contributed by atoms with van der Waals surface area (Å²) in [5.41, 5.74) is 1.35. The summed E-state index contributed by atoms with van der Waals surface area (Å²) in [4.78, 5) is 12.8. The van der Waals surface area contributed by atoms with Crippen LogP contribution in [0.15, 0.2) is 72.8 Å². The van der Waals surface area contributed by atoms with Crippen molar-refractivity contribution in [3.63, 3.8) is 0 Å². The highest BCUT2D eigenvalue weighted by Crippen LogP contribution is 2.24. The van der Waals surface area contributed by atoms with Crippen LogP contribution in [-0.4, -0.2) is 19.1 Å².